The number of carbonyl (C=O) groups excluding carboxylic acids is 1. The molecule has 1 fully saturated rings. The van der Waals surface area contributed by atoms with Gasteiger partial charge >= 0.3 is 0 Å². The second kappa shape index (κ2) is 10.4. The van der Waals surface area contributed by atoms with Crippen molar-refractivity contribution in [1.29, 1.82) is 0 Å². The van der Waals surface area contributed by atoms with E-state index in [-0.39, 0.29) is 24.1 Å². The van der Waals surface area contributed by atoms with Crippen LogP contribution in [0, 0.1) is 5.82 Å². The standard InChI is InChI=1S/C16H24FN3O2.ClH/c1-19(9-6-16(21)20-10-7-18-8-11-20)12-13-22-15-4-2-14(17)3-5-15;/h2-5,18H,6-13H2,1H3;1H. The van der Waals surface area contributed by atoms with E-state index in [0.29, 0.717) is 18.8 Å². The third kappa shape index (κ3) is 7.16. The predicted molar refractivity (Wildman–Crippen MR) is 90.7 cm³/mol. The topological polar surface area (TPSA) is 44.8 Å². The van der Waals surface area contributed by atoms with Gasteiger partial charge in [-0.15, -0.1) is 12.4 Å². The molecule has 0 saturated carbocycles. The average Bonchev–Trinajstić information content (AvgIpc) is 2.55. The maximum atomic E-state index is 12.8. The lowest BCUT2D eigenvalue weighted by atomic mass is 10.3. The highest BCUT2D eigenvalue weighted by molar-refractivity contribution is 5.85. The van der Waals surface area contributed by atoms with E-state index in [1.54, 1.807) is 12.1 Å². The Hall–Kier alpha value is -1.37. The van der Waals surface area contributed by atoms with E-state index >= 15 is 0 Å². The lowest BCUT2D eigenvalue weighted by Crippen LogP contribution is -2.47. The Balaban J connectivity index is 0.00000264. The number of hydrogen-bond acceptors (Lipinski definition) is 4. The number of benzene rings is 1. The summed E-state index contributed by atoms with van der Waals surface area (Å²) in [5, 5.41) is 3.24. The summed E-state index contributed by atoms with van der Waals surface area (Å²) in [4.78, 5) is 16.0. The van der Waals surface area contributed by atoms with Crippen molar-refractivity contribution in [3.63, 3.8) is 0 Å². The van der Waals surface area contributed by atoms with Crippen LogP contribution in [0.1, 0.15) is 6.42 Å². The third-order valence-electron chi connectivity index (χ3n) is 3.73. The number of piperazine rings is 1. The first-order chi connectivity index (χ1) is 10.6. The molecule has 0 aromatic heterocycles. The zero-order valence-electron chi connectivity index (χ0n) is 13.5. The van der Waals surface area contributed by atoms with Crippen LogP contribution in [0.5, 0.6) is 5.75 Å². The normalized spacial score (nSPS) is 14.5. The van der Waals surface area contributed by atoms with Gasteiger partial charge in [-0.3, -0.25) is 4.79 Å². The fourth-order valence-electron chi connectivity index (χ4n) is 2.32. The quantitative estimate of drug-likeness (QED) is 0.811. The van der Waals surface area contributed by atoms with Crippen LogP contribution < -0.4 is 10.1 Å². The van der Waals surface area contributed by atoms with Crippen LogP contribution in [0.4, 0.5) is 4.39 Å². The van der Waals surface area contributed by atoms with Crippen molar-refractivity contribution < 1.29 is 13.9 Å². The Bertz CT molecular complexity index is 467. The summed E-state index contributed by atoms with van der Waals surface area (Å²) in [7, 11) is 1.97. The molecule has 1 aromatic rings. The average molecular weight is 346 g/mol. The fourth-order valence-corrected chi connectivity index (χ4v) is 2.32. The van der Waals surface area contributed by atoms with Crippen LogP contribution >= 0.6 is 12.4 Å². The van der Waals surface area contributed by atoms with Crippen LogP contribution in [0.25, 0.3) is 0 Å². The van der Waals surface area contributed by atoms with Crippen molar-refractivity contribution in [3.05, 3.63) is 30.1 Å². The molecule has 1 heterocycles. The smallest absolute Gasteiger partial charge is 0.223 e. The summed E-state index contributed by atoms with van der Waals surface area (Å²) in [6.45, 7) is 5.33. The fraction of sp³-hybridized carbons (Fsp3) is 0.562. The Morgan fingerprint density at radius 3 is 2.57 bits per heavy atom. The van der Waals surface area contributed by atoms with Crippen LogP contribution in [-0.2, 0) is 4.79 Å². The molecule has 23 heavy (non-hydrogen) atoms. The highest BCUT2D eigenvalue weighted by atomic mass is 35.5. The first-order valence-electron chi connectivity index (χ1n) is 7.70. The molecular weight excluding hydrogens is 321 g/mol. The molecule has 0 atom stereocenters. The van der Waals surface area contributed by atoms with Crippen molar-refractivity contribution >= 4 is 18.3 Å². The number of carbonyl (C=O) groups is 1. The molecule has 1 amide bonds. The van der Waals surface area contributed by atoms with Gasteiger partial charge in [0, 0.05) is 45.7 Å². The van der Waals surface area contributed by atoms with Gasteiger partial charge in [-0.05, 0) is 31.3 Å². The molecule has 1 aliphatic heterocycles. The Morgan fingerprint density at radius 1 is 1.26 bits per heavy atom. The van der Waals surface area contributed by atoms with E-state index < -0.39 is 0 Å². The van der Waals surface area contributed by atoms with Gasteiger partial charge in [-0.1, -0.05) is 0 Å². The molecule has 1 aromatic carbocycles. The third-order valence-corrected chi connectivity index (χ3v) is 3.73. The van der Waals surface area contributed by atoms with Gasteiger partial charge in [0.2, 0.25) is 5.91 Å². The molecule has 1 N–H and O–H groups in total. The highest BCUT2D eigenvalue weighted by Gasteiger charge is 2.16. The van der Waals surface area contributed by atoms with Crippen molar-refractivity contribution in [2.24, 2.45) is 0 Å². The van der Waals surface area contributed by atoms with E-state index in [0.717, 1.165) is 39.3 Å². The number of rotatable bonds is 7. The van der Waals surface area contributed by atoms with E-state index in [1.807, 2.05) is 11.9 Å². The van der Waals surface area contributed by atoms with Gasteiger partial charge in [-0.2, -0.15) is 0 Å². The molecular formula is C16H25ClFN3O2. The van der Waals surface area contributed by atoms with Crippen LogP contribution in [0.3, 0.4) is 0 Å². The maximum absolute atomic E-state index is 12.8. The van der Waals surface area contributed by atoms with Crippen molar-refractivity contribution in [1.82, 2.24) is 15.1 Å². The van der Waals surface area contributed by atoms with Gasteiger partial charge in [0.05, 0.1) is 0 Å². The predicted octanol–water partition coefficient (Wildman–Crippen LogP) is 1.38. The molecule has 0 radical (unpaired) electrons. The van der Waals surface area contributed by atoms with Crippen molar-refractivity contribution in [2.45, 2.75) is 6.42 Å². The number of likely N-dealkylation sites (N-methyl/N-ethyl adjacent to an activating group) is 1. The number of halogens is 2. The molecule has 0 bridgehead atoms. The number of ether oxygens (including phenoxy) is 1. The molecule has 2 rings (SSSR count). The van der Waals surface area contributed by atoms with E-state index in [2.05, 4.69) is 10.2 Å². The Morgan fingerprint density at radius 2 is 1.91 bits per heavy atom. The molecule has 5 nitrogen and oxygen atoms in total. The SMILES string of the molecule is CN(CCOc1ccc(F)cc1)CCC(=O)N1CCNCC1.Cl. The number of nitrogens with zero attached hydrogens (tertiary/aromatic N) is 2. The van der Waals surface area contributed by atoms with E-state index in [9.17, 15) is 9.18 Å². The summed E-state index contributed by atoms with van der Waals surface area (Å²) in [6.07, 6.45) is 0.535. The van der Waals surface area contributed by atoms with Crippen LogP contribution in [0.15, 0.2) is 24.3 Å². The van der Waals surface area contributed by atoms with Gasteiger partial charge in [0.15, 0.2) is 0 Å². The first kappa shape index (κ1) is 19.7. The Labute approximate surface area is 143 Å². The minimum Gasteiger partial charge on any atom is -0.492 e. The molecule has 1 saturated heterocycles. The number of amides is 1. The van der Waals surface area contributed by atoms with Gasteiger partial charge < -0.3 is 19.9 Å². The molecule has 0 spiro atoms. The zero-order valence-corrected chi connectivity index (χ0v) is 14.3. The van der Waals surface area contributed by atoms with Crippen molar-refractivity contribution in [3.8, 4) is 5.75 Å². The summed E-state index contributed by atoms with van der Waals surface area (Å²) in [5.41, 5.74) is 0. The summed E-state index contributed by atoms with van der Waals surface area (Å²) in [6, 6.07) is 5.99. The summed E-state index contributed by atoms with van der Waals surface area (Å²) >= 11 is 0. The molecule has 130 valence electrons. The number of hydrogen-bond donors (Lipinski definition) is 1. The molecule has 0 aliphatic carbocycles. The van der Waals surface area contributed by atoms with Gasteiger partial charge in [0.1, 0.15) is 18.2 Å². The van der Waals surface area contributed by atoms with Gasteiger partial charge in [-0.25, -0.2) is 4.39 Å². The number of nitrogens with one attached hydrogen (secondary N) is 1. The van der Waals surface area contributed by atoms with E-state index in [4.69, 9.17) is 4.74 Å². The van der Waals surface area contributed by atoms with Crippen LogP contribution in [0.2, 0.25) is 0 Å². The summed E-state index contributed by atoms with van der Waals surface area (Å²) in [5.74, 6) is 0.607. The summed E-state index contributed by atoms with van der Waals surface area (Å²) < 4.78 is 18.3. The maximum Gasteiger partial charge on any atom is 0.223 e. The second-order valence-electron chi connectivity index (χ2n) is 5.49. The first-order valence-corrected chi connectivity index (χ1v) is 7.70. The Kier molecular flexibility index (Phi) is 8.91. The van der Waals surface area contributed by atoms with Crippen molar-refractivity contribution in [2.75, 3.05) is 52.9 Å². The van der Waals surface area contributed by atoms with Crippen LogP contribution in [-0.4, -0.2) is 68.6 Å². The molecule has 7 heteroatoms. The zero-order chi connectivity index (χ0) is 15.8. The minimum atomic E-state index is -0.268. The largest absolute Gasteiger partial charge is 0.492 e. The highest BCUT2D eigenvalue weighted by Crippen LogP contribution is 2.10. The monoisotopic (exact) mass is 345 g/mol. The molecule has 1 aliphatic rings. The molecule has 0 unspecified atom stereocenters. The lowest BCUT2D eigenvalue weighted by molar-refractivity contribution is -0.132. The second-order valence-corrected chi connectivity index (χ2v) is 5.49. The van der Waals surface area contributed by atoms with Gasteiger partial charge in [0.25, 0.3) is 0 Å². The lowest BCUT2D eigenvalue weighted by Gasteiger charge is -2.28. The van der Waals surface area contributed by atoms with E-state index in [1.165, 1.54) is 12.1 Å². The minimum absolute atomic E-state index is 0.